The predicted molar refractivity (Wildman–Crippen MR) is 105 cm³/mol. The van der Waals surface area contributed by atoms with Gasteiger partial charge >= 0.3 is 5.97 Å². The van der Waals surface area contributed by atoms with Crippen LogP contribution in [0.4, 0.5) is 0 Å². The number of hydrogen-bond donors (Lipinski definition) is 1. The Labute approximate surface area is 168 Å². The number of rotatable bonds is 9. The summed E-state index contributed by atoms with van der Waals surface area (Å²) in [6.45, 7) is 3.05. The molecule has 0 unspecified atom stereocenters. The number of Topliss-reactive ketones (excluding diaryl/α,β-unsaturated/α-hetero) is 1. The number of esters is 1. The van der Waals surface area contributed by atoms with Crippen molar-refractivity contribution in [2.24, 2.45) is 5.73 Å². The quantitative estimate of drug-likeness (QED) is 0.506. The number of carbonyl (C=O) groups excluding carboxylic acids is 3. The van der Waals surface area contributed by atoms with Crippen LogP contribution in [-0.4, -0.2) is 45.1 Å². The molecule has 0 aliphatic rings. The number of aryl methyl sites for hydroxylation is 2. The molecule has 8 heteroatoms. The van der Waals surface area contributed by atoms with E-state index >= 15 is 0 Å². The van der Waals surface area contributed by atoms with Crippen molar-refractivity contribution in [2.75, 3.05) is 27.4 Å². The van der Waals surface area contributed by atoms with Crippen molar-refractivity contribution >= 4 is 17.7 Å². The van der Waals surface area contributed by atoms with Gasteiger partial charge in [-0.15, -0.1) is 0 Å². The van der Waals surface area contributed by atoms with Crippen molar-refractivity contribution in [2.45, 2.75) is 13.8 Å². The monoisotopic (exact) mass is 401 g/mol. The first-order chi connectivity index (χ1) is 13.8. The molecule has 0 fully saturated rings. The van der Waals surface area contributed by atoms with Crippen LogP contribution in [0.25, 0.3) is 0 Å². The van der Waals surface area contributed by atoms with Crippen molar-refractivity contribution in [1.82, 2.24) is 0 Å². The molecule has 0 radical (unpaired) electrons. The van der Waals surface area contributed by atoms with Crippen LogP contribution in [0.15, 0.2) is 30.3 Å². The lowest BCUT2D eigenvalue weighted by Gasteiger charge is -2.15. The second-order valence-electron chi connectivity index (χ2n) is 6.26. The van der Waals surface area contributed by atoms with Crippen LogP contribution < -0.4 is 19.9 Å². The molecule has 0 saturated carbocycles. The Balaban J connectivity index is 2.16. The lowest BCUT2D eigenvalue weighted by molar-refractivity contribution is -0.120. The van der Waals surface area contributed by atoms with Gasteiger partial charge in [0.1, 0.15) is 0 Å². The molecule has 2 aromatic carbocycles. The van der Waals surface area contributed by atoms with Gasteiger partial charge in [0.25, 0.3) is 5.91 Å². The molecule has 0 heterocycles. The van der Waals surface area contributed by atoms with Crippen molar-refractivity contribution in [1.29, 1.82) is 0 Å². The highest BCUT2D eigenvalue weighted by Gasteiger charge is 2.20. The zero-order valence-corrected chi connectivity index (χ0v) is 16.7. The van der Waals surface area contributed by atoms with E-state index in [0.29, 0.717) is 5.56 Å². The van der Waals surface area contributed by atoms with Crippen LogP contribution in [0.2, 0.25) is 0 Å². The van der Waals surface area contributed by atoms with Gasteiger partial charge in [0, 0.05) is 5.56 Å². The Morgan fingerprint density at radius 3 is 2.00 bits per heavy atom. The molecule has 0 aliphatic heterocycles. The van der Waals surface area contributed by atoms with Crippen molar-refractivity contribution in [3.63, 3.8) is 0 Å². The highest BCUT2D eigenvalue weighted by Crippen LogP contribution is 2.38. The lowest BCUT2D eigenvalue weighted by Crippen LogP contribution is -2.20. The number of amides is 1. The van der Waals surface area contributed by atoms with Crippen molar-refractivity contribution in [3.05, 3.63) is 52.6 Å². The molecule has 29 heavy (non-hydrogen) atoms. The molecule has 8 nitrogen and oxygen atoms in total. The Kier molecular flexibility index (Phi) is 7.19. The van der Waals surface area contributed by atoms with Gasteiger partial charge in [0.2, 0.25) is 5.75 Å². The molecule has 1 amide bonds. The van der Waals surface area contributed by atoms with Crippen LogP contribution in [-0.2, 0) is 9.53 Å². The Bertz CT molecular complexity index is 912. The maximum absolute atomic E-state index is 12.4. The van der Waals surface area contributed by atoms with Gasteiger partial charge in [-0.1, -0.05) is 12.1 Å². The summed E-state index contributed by atoms with van der Waals surface area (Å²) >= 11 is 0. The van der Waals surface area contributed by atoms with E-state index in [1.54, 1.807) is 12.1 Å². The summed E-state index contributed by atoms with van der Waals surface area (Å²) < 4.78 is 20.8. The predicted octanol–water partition coefficient (Wildman–Crippen LogP) is 2.22. The average molecular weight is 401 g/mol. The minimum absolute atomic E-state index is 0.0954. The summed E-state index contributed by atoms with van der Waals surface area (Å²) in [5.41, 5.74) is 7.68. The fraction of sp³-hybridized carbons (Fsp3) is 0.286. The smallest absolute Gasteiger partial charge is 0.338 e. The minimum atomic E-state index is -0.736. The summed E-state index contributed by atoms with van der Waals surface area (Å²) in [4.78, 5) is 35.7. The minimum Gasteiger partial charge on any atom is -0.493 e. The fourth-order valence-electron chi connectivity index (χ4n) is 2.50. The zero-order chi connectivity index (χ0) is 21.6. The molecule has 154 valence electrons. The van der Waals surface area contributed by atoms with Crippen LogP contribution in [0.3, 0.4) is 0 Å². The van der Waals surface area contributed by atoms with Gasteiger partial charge in [-0.25, -0.2) is 4.79 Å². The number of primary amides is 1. The molecule has 0 atom stereocenters. The summed E-state index contributed by atoms with van der Waals surface area (Å²) in [6, 6.07) is 8.01. The molecule has 0 bridgehead atoms. The maximum Gasteiger partial charge on any atom is 0.338 e. The number of benzene rings is 2. The van der Waals surface area contributed by atoms with E-state index in [4.69, 9.17) is 24.7 Å². The second-order valence-corrected chi connectivity index (χ2v) is 6.26. The molecule has 0 saturated heterocycles. The normalized spacial score (nSPS) is 10.2. The standard InChI is InChI=1S/C21H23NO7/c1-12-5-6-14(7-13(12)2)16(23)10-29-21(25)15-8-17(26-3)20(18(9-15)27-4)28-11-19(22)24/h5-9H,10-11H2,1-4H3,(H2,22,24). The van der Waals surface area contributed by atoms with Gasteiger partial charge in [0.15, 0.2) is 30.5 Å². The third-order valence-corrected chi connectivity index (χ3v) is 4.22. The number of carbonyl (C=O) groups is 3. The van der Waals surface area contributed by atoms with Gasteiger partial charge in [-0.2, -0.15) is 0 Å². The zero-order valence-electron chi connectivity index (χ0n) is 16.7. The van der Waals surface area contributed by atoms with Gasteiger partial charge < -0.3 is 24.7 Å². The summed E-state index contributed by atoms with van der Waals surface area (Å²) in [5, 5.41) is 0. The topological polar surface area (TPSA) is 114 Å². The Morgan fingerprint density at radius 1 is 0.862 bits per heavy atom. The van der Waals surface area contributed by atoms with Crippen molar-refractivity contribution in [3.8, 4) is 17.2 Å². The first-order valence-corrected chi connectivity index (χ1v) is 8.71. The first kappa shape index (κ1) is 21.7. The summed E-state index contributed by atoms with van der Waals surface area (Å²) in [5.74, 6) is -1.31. The van der Waals surface area contributed by atoms with E-state index in [1.807, 2.05) is 19.9 Å². The maximum atomic E-state index is 12.4. The molecule has 0 aromatic heterocycles. The number of ketones is 1. The van der Waals surface area contributed by atoms with E-state index in [9.17, 15) is 14.4 Å². The Hall–Kier alpha value is -3.55. The fourth-order valence-corrected chi connectivity index (χ4v) is 2.50. The molecule has 2 rings (SSSR count). The van der Waals surface area contributed by atoms with E-state index in [2.05, 4.69) is 0 Å². The average Bonchev–Trinajstić information content (AvgIpc) is 2.71. The third kappa shape index (κ3) is 5.47. The molecule has 0 aliphatic carbocycles. The van der Waals surface area contributed by atoms with E-state index in [-0.39, 0.29) is 35.2 Å². The highest BCUT2D eigenvalue weighted by molar-refractivity contribution is 5.99. The summed E-state index contributed by atoms with van der Waals surface area (Å²) in [7, 11) is 2.73. The lowest BCUT2D eigenvalue weighted by atomic mass is 10.0. The number of nitrogens with two attached hydrogens (primary N) is 1. The van der Waals surface area contributed by atoms with Gasteiger partial charge in [0.05, 0.1) is 19.8 Å². The van der Waals surface area contributed by atoms with E-state index in [0.717, 1.165) is 11.1 Å². The number of hydrogen-bond acceptors (Lipinski definition) is 7. The number of methoxy groups -OCH3 is 2. The van der Waals surface area contributed by atoms with Crippen molar-refractivity contribution < 1.29 is 33.3 Å². The SMILES string of the molecule is COc1cc(C(=O)OCC(=O)c2ccc(C)c(C)c2)cc(OC)c1OCC(N)=O. The Morgan fingerprint density at radius 2 is 1.48 bits per heavy atom. The molecular formula is C21H23NO7. The molecular weight excluding hydrogens is 378 g/mol. The van der Waals surface area contributed by atoms with Gasteiger partial charge in [-0.05, 0) is 43.2 Å². The molecule has 2 aromatic rings. The van der Waals surface area contributed by atoms with Crippen LogP contribution >= 0.6 is 0 Å². The van der Waals surface area contributed by atoms with Crippen LogP contribution in [0, 0.1) is 13.8 Å². The van der Waals surface area contributed by atoms with Crippen LogP contribution in [0.5, 0.6) is 17.2 Å². The van der Waals surface area contributed by atoms with E-state index in [1.165, 1.54) is 26.4 Å². The molecule has 2 N–H and O–H groups in total. The largest absolute Gasteiger partial charge is 0.493 e. The highest BCUT2D eigenvalue weighted by atomic mass is 16.5. The second kappa shape index (κ2) is 9.59. The van der Waals surface area contributed by atoms with Gasteiger partial charge in [-0.3, -0.25) is 9.59 Å². The summed E-state index contributed by atoms with van der Waals surface area (Å²) in [6.07, 6.45) is 0. The van der Waals surface area contributed by atoms with Crippen LogP contribution in [0.1, 0.15) is 31.8 Å². The number of ether oxygens (including phenoxy) is 4. The first-order valence-electron chi connectivity index (χ1n) is 8.71. The molecule has 0 spiro atoms. The third-order valence-electron chi connectivity index (χ3n) is 4.22. The van der Waals surface area contributed by atoms with E-state index < -0.39 is 18.5 Å².